The Hall–Kier alpha value is -1.55. The highest BCUT2D eigenvalue weighted by molar-refractivity contribution is 5.77. The molecule has 21 heavy (non-hydrogen) atoms. The van der Waals surface area contributed by atoms with Crippen LogP contribution >= 0.6 is 0 Å². The molecule has 0 atom stereocenters. The van der Waals surface area contributed by atoms with Gasteiger partial charge in [-0.2, -0.15) is 0 Å². The molecule has 0 aromatic heterocycles. The summed E-state index contributed by atoms with van der Waals surface area (Å²) in [5.41, 5.74) is 0.253. The number of amides is 1. The molecule has 118 valence electrons. The summed E-state index contributed by atoms with van der Waals surface area (Å²) >= 11 is 0. The molecule has 1 aromatic carbocycles. The van der Waals surface area contributed by atoms with Crippen LogP contribution in [0.2, 0.25) is 0 Å². The smallest absolute Gasteiger partial charge is 0.234 e. The lowest BCUT2D eigenvalue weighted by atomic mass is 9.92. The van der Waals surface area contributed by atoms with Gasteiger partial charge in [-0.3, -0.25) is 9.69 Å². The monoisotopic (exact) mass is 292 g/mol. The van der Waals surface area contributed by atoms with E-state index in [0.29, 0.717) is 13.2 Å². The first-order valence-electron chi connectivity index (χ1n) is 7.50. The molecule has 0 radical (unpaired) electrons. The molecule has 1 N–H and O–H groups in total. The number of nitrogens with zero attached hydrogens (tertiary/aromatic N) is 1. The first kappa shape index (κ1) is 17.5. The maximum absolute atomic E-state index is 11.8. The van der Waals surface area contributed by atoms with Crippen molar-refractivity contribution in [3.63, 3.8) is 0 Å². The molecule has 1 rings (SSSR count). The standard InChI is InChI=1S/C17H28N2O2/c1-17(2,3)10-11-18-16(20)14-19(4)12-13-21-15-8-6-5-7-9-15/h5-9H,10-14H2,1-4H3,(H,18,20). The summed E-state index contributed by atoms with van der Waals surface area (Å²) in [5, 5.41) is 2.96. The van der Waals surface area contributed by atoms with Gasteiger partial charge in [-0.1, -0.05) is 39.0 Å². The first-order valence-corrected chi connectivity index (χ1v) is 7.50. The predicted molar refractivity (Wildman–Crippen MR) is 86.5 cm³/mol. The highest BCUT2D eigenvalue weighted by Crippen LogP contribution is 2.16. The Morgan fingerprint density at radius 1 is 1.24 bits per heavy atom. The number of nitrogens with one attached hydrogen (secondary N) is 1. The lowest BCUT2D eigenvalue weighted by molar-refractivity contribution is -0.122. The third-order valence-corrected chi connectivity index (χ3v) is 3.10. The van der Waals surface area contributed by atoms with Gasteiger partial charge in [0.15, 0.2) is 0 Å². The van der Waals surface area contributed by atoms with Crippen LogP contribution in [0.25, 0.3) is 0 Å². The molecule has 0 spiro atoms. The van der Waals surface area contributed by atoms with Crippen molar-refractivity contribution in [2.24, 2.45) is 5.41 Å². The van der Waals surface area contributed by atoms with Gasteiger partial charge in [-0.15, -0.1) is 0 Å². The largest absolute Gasteiger partial charge is 0.492 e. The third-order valence-electron chi connectivity index (χ3n) is 3.10. The summed E-state index contributed by atoms with van der Waals surface area (Å²) in [5.74, 6) is 0.932. The van der Waals surface area contributed by atoms with Crippen LogP contribution in [0.4, 0.5) is 0 Å². The molecule has 1 amide bonds. The summed E-state index contributed by atoms with van der Waals surface area (Å²) in [7, 11) is 1.93. The molecule has 0 heterocycles. The molecule has 4 nitrogen and oxygen atoms in total. The van der Waals surface area contributed by atoms with Gasteiger partial charge < -0.3 is 10.1 Å². The number of carbonyl (C=O) groups excluding carboxylic acids is 1. The summed E-state index contributed by atoms with van der Waals surface area (Å²) < 4.78 is 5.61. The summed E-state index contributed by atoms with van der Waals surface area (Å²) in [6.07, 6.45) is 0.986. The van der Waals surface area contributed by atoms with E-state index in [1.54, 1.807) is 0 Å². The Morgan fingerprint density at radius 3 is 2.52 bits per heavy atom. The van der Waals surface area contributed by atoms with Gasteiger partial charge in [-0.05, 0) is 31.0 Å². The maximum Gasteiger partial charge on any atom is 0.234 e. The van der Waals surface area contributed by atoms with Crippen LogP contribution in [0.5, 0.6) is 5.75 Å². The topological polar surface area (TPSA) is 41.6 Å². The molecule has 0 unspecified atom stereocenters. The van der Waals surface area contributed by atoms with Crippen LogP contribution in [0.1, 0.15) is 27.2 Å². The van der Waals surface area contributed by atoms with Crippen molar-refractivity contribution >= 4 is 5.91 Å². The lowest BCUT2D eigenvalue weighted by Crippen LogP contribution is -2.38. The van der Waals surface area contributed by atoms with Gasteiger partial charge in [-0.25, -0.2) is 0 Å². The number of para-hydroxylation sites is 1. The minimum absolute atomic E-state index is 0.0708. The Bertz CT molecular complexity index is 413. The van der Waals surface area contributed by atoms with Crippen molar-refractivity contribution in [3.8, 4) is 5.75 Å². The van der Waals surface area contributed by atoms with Gasteiger partial charge in [0.25, 0.3) is 0 Å². The van der Waals surface area contributed by atoms with E-state index < -0.39 is 0 Å². The number of benzene rings is 1. The fourth-order valence-corrected chi connectivity index (χ4v) is 1.79. The Labute approximate surface area is 128 Å². The fraction of sp³-hybridized carbons (Fsp3) is 0.588. The molecule has 4 heteroatoms. The van der Waals surface area contributed by atoms with Gasteiger partial charge in [0, 0.05) is 13.1 Å². The SMILES string of the molecule is CN(CCOc1ccccc1)CC(=O)NCCC(C)(C)C. The molecular weight excluding hydrogens is 264 g/mol. The lowest BCUT2D eigenvalue weighted by Gasteiger charge is -2.20. The van der Waals surface area contributed by atoms with Gasteiger partial charge in [0.05, 0.1) is 6.54 Å². The Kier molecular flexibility index (Phi) is 7.23. The van der Waals surface area contributed by atoms with Crippen molar-refractivity contribution in [3.05, 3.63) is 30.3 Å². The maximum atomic E-state index is 11.8. The van der Waals surface area contributed by atoms with Crippen molar-refractivity contribution in [2.45, 2.75) is 27.2 Å². The molecule has 0 saturated carbocycles. The normalized spacial score (nSPS) is 11.5. The van der Waals surface area contributed by atoms with E-state index in [4.69, 9.17) is 4.74 Å². The molecule has 0 aliphatic rings. The van der Waals surface area contributed by atoms with E-state index in [9.17, 15) is 4.79 Å². The van der Waals surface area contributed by atoms with Gasteiger partial charge >= 0.3 is 0 Å². The first-order chi connectivity index (χ1) is 9.87. The molecule has 0 bridgehead atoms. The van der Waals surface area contributed by atoms with E-state index in [0.717, 1.165) is 25.3 Å². The van der Waals surface area contributed by atoms with Gasteiger partial charge in [0.2, 0.25) is 5.91 Å². The zero-order chi connectivity index (χ0) is 15.7. The molecule has 0 fully saturated rings. The van der Waals surface area contributed by atoms with Crippen LogP contribution in [0, 0.1) is 5.41 Å². The minimum Gasteiger partial charge on any atom is -0.492 e. The second kappa shape index (κ2) is 8.67. The quantitative estimate of drug-likeness (QED) is 0.800. The van der Waals surface area contributed by atoms with Gasteiger partial charge in [0.1, 0.15) is 12.4 Å². The van der Waals surface area contributed by atoms with E-state index >= 15 is 0 Å². The van der Waals surface area contributed by atoms with Crippen molar-refractivity contribution in [1.29, 1.82) is 0 Å². The highest BCUT2D eigenvalue weighted by atomic mass is 16.5. The third kappa shape index (κ3) is 9.08. The van der Waals surface area contributed by atoms with E-state index in [1.807, 2.05) is 42.3 Å². The second-order valence-electron chi connectivity index (χ2n) is 6.56. The minimum atomic E-state index is 0.0708. The number of ether oxygens (including phenoxy) is 1. The number of likely N-dealkylation sites (N-methyl/N-ethyl adjacent to an activating group) is 1. The van der Waals surface area contributed by atoms with Crippen molar-refractivity contribution in [2.75, 3.05) is 33.3 Å². The number of rotatable bonds is 8. The Morgan fingerprint density at radius 2 is 1.90 bits per heavy atom. The van der Waals surface area contributed by atoms with Crippen molar-refractivity contribution < 1.29 is 9.53 Å². The van der Waals surface area contributed by atoms with E-state index in [2.05, 4.69) is 26.1 Å². The zero-order valence-corrected chi connectivity index (χ0v) is 13.7. The zero-order valence-electron chi connectivity index (χ0n) is 13.7. The van der Waals surface area contributed by atoms with Crippen LogP contribution in [0.15, 0.2) is 30.3 Å². The summed E-state index contributed by atoms with van der Waals surface area (Å²) in [6.45, 7) is 8.96. The highest BCUT2D eigenvalue weighted by Gasteiger charge is 2.11. The average molecular weight is 292 g/mol. The Balaban J connectivity index is 2.12. The molecule has 0 aliphatic heterocycles. The van der Waals surface area contributed by atoms with Crippen LogP contribution in [-0.2, 0) is 4.79 Å². The number of carbonyl (C=O) groups is 1. The molecular formula is C17H28N2O2. The fourth-order valence-electron chi connectivity index (χ4n) is 1.79. The van der Waals surface area contributed by atoms with Crippen molar-refractivity contribution in [1.82, 2.24) is 10.2 Å². The molecule has 0 saturated heterocycles. The van der Waals surface area contributed by atoms with Crippen LogP contribution in [0.3, 0.4) is 0 Å². The second-order valence-corrected chi connectivity index (χ2v) is 6.56. The van der Waals surface area contributed by atoms with Crippen LogP contribution in [-0.4, -0.2) is 44.1 Å². The summed E-state index contributed by atoms with van der Waals surface area (Å²) in [6, 6.07) is 9.71. The predicted octanol–water partition coefficient (Wildman–Crippen LogP) is 2.55. The van der Waals surface area contributed by atoms with E-state index in [-0.39, 0.29) is 11.3 Å². The number of hydrogen-bond acceptors (Lipinski definition) is 3. The summed E-state index contributed by atoms with van der Waals surface area (Å²) in [4.78, 5) is 13.7. The molecule has 0 aliphatic carbocycles. The average Bonchev–Trinajstić information content (AvgIpc) is 2.38. The number of hydrogen-bond donors (Lipinski definition) is 1. The van der Waals surface area contributed by atoms with E-state index in [1.165, 1.54) is 0 Å². The van der Waals surface area contributed by atoms with Crippen LogP contribution < -0.4 is 10.1 Å². The molecule has 1 aromatic rings.